The minimum Gasteiger partial charge on any atom is -0.456 e. The van der Waals surface area contributed by atoms with Crippen LogP contribution in [0.25, 0.3) is 0 Å². The summed E-state index contributed by atoms with van der Waals surface area (Å²) in [5.74, 6) is -0.147. The van der Waals surface area contributed by atoms with Gasteiger partial charge in [-0.2, -0.15) is 0 Å². The van der Waals surface area contributed by atoms with Crippen LogP contribution in [0.2, 0.25) is 0 Å². The van der Waals surface area contributed by atoms with Gasteiger partial charge in [-0.05, 0) is 12.5 Å². The Labute approximate surface area is 114 Å². The van der Waals surface area contributed by atoms with Crippen molar-refractivity contribution in [1.29, 1.82) is 0 Å². The van der Waals surface area contributed by atoms with E-state index in [4.69, 9.17) is 9.47 Å². The van der Waals surface area contributed by atoms with Crippen molar-refractivity contribution in [3.05, 3.63) is 35.9 Å². The summed E-state index contributed by atoms with van der Waals surface area (Å²) in [5.41, 5.74) is 0.999. The van der Waals surface area contributed by atoms with Crippen LogP contribution in [0.5, 0.6) is 0 Å². The number of hydrogen-bond acceptors (Lipinski definition) is 3. The fourth-order valence-corrected chi connectivity index (χ4v) is 2.34. The van der Waals surface area contributed by atoms with Crippen molar-refractivity contribution in [3.8, 4) is 0 Å². The van der Waals surface area contributed by atoms with E-state index in [0.29, 0.717) is 6.42 Å². The van der Waals surface area contributed by atoms with Crippen molar-refractivity contribution in [3.63, 3.8) is 0 Å². The zero-order valence-corrected chi connectivity index (χ0v) is 11.4. The lowest BCUT2D eigenvalue weighted by atomic mass is 10.1. The van der Waals surface area contributed by atoms with Crippen LogP contribution in [0.1, 0.15) is 12.5 Å². The first kappa shape index (κ1) is 14.0. The number of benzene rings is 1. The molecular formula is C15H22NO3+. The van der Waals surface area contributed by atoms with E-state index in [2.05, 4.69) is 0 Å². The summed E-state index contributed by atoms with van der Waals surface area (Å²) in [6.45, 7) is 6.44. The Balaban J connectivity index is 1.72. The van der Waals surface area contributed by atoms with Gasteiger partial charge in [-0.25, -0.2) is 0 Å². The monoisotopic (exact) mass is 264 g/mol. The molecule has 0 amide bonds. The van der Waals surface area contributed by atoms with Gasteiger partial charge < -0.3 is 14.4 Å². The third kappa shape index (κ3) is 5.01. The topological polar surface area (TPSA) is 40.0 Å². The Hall–Kier alpha value is -1.39. The molecule has 0 aromatic heterocycles. The highest BCUT2D eigenvalue weighted by molar-refractivity contribution is 5.72. The van der Waals surface area contributed by atoms with Gasteiger partial charge in [0.05, 0.1) is 19.6 Å². The van der Waals surface area contributed by atoms with E-state index in [0.717, 1.165) is 38.4 Å². The van der Waals surface area contributed by atoms with Gasteiger partial charge in [0, 0.05) is 0 Å². The molecule has 1 aromatic rings. The molecule has 104 valence electrons. The van der Waals surface area contributed by atoms with Gasteiger partial charge in [0.1, 0.15) is 25.7 Å². The summed E-state index contributed by atoms with van der Waals surface area (Å²) in [7, 11) is 0. The average Bonchev–Trinajstić information content (AvgIpc) is 2.40. The van der Waals surface area contributed by atoms with Crippen molar-refractivity contribution in [1.82, 2.24) is 0 Å². The molecule has 1 aliphatic heterocycles. The fourth-order valence-electron chi connectivity index (χ4n) is 2.34. The summed E-state index contributed by atoms with van der Waals surface area (Å²) in [6, 6.07) is 9.70. The molecular weight excluding hydrogens is 242 g/mol. The highest BCUT2D eigenvalue weighted by Gasteiger charge is 2.19. The molecule has 0 spiro atoms. The van der Waals surface area contributed by atoms with E-state index in [9.17, 15) is 4.79 Å². The number of carbonyl (C=O) groups is 1. The number of hydrogen-bond donors (Lipinski definition) is 1. The number of morpholine rings is 1. The maximum Gasteiger partial charge on any atom is 0.310 e. The molecule has 2 rings (SSSR count). The number of quaternary nitrogens is 1. The Kier molecular flexibility index (Phi) is 5.36. The maximum atomic E-state index is 11.8. The van der Waals surface area contributed by atoms with Gasteiger partial charge in [0.15, 0.2) is 0 Å². The predicted octanol–water partition coefficient (Wildman–Crippen LogP) is 0.0759. The van der Waals surface area contributed by atoms with Crippen molar-refractivity contribution in [2.45, 2.75) is 19.4 Å². The zero-order chi connectivity index (χ0) is 13.5. The minimum absolute atomic E-state index is 0.0377. The van der Waals surface area contributed by atoms with Crippen LogP contribution in [-0.2, 0) is 20.7 Å². The quantitative estimate of drug-likeness (QED) is 0.766. The van der Waals surface area contributed by atoms with Crippen molar-refractivity contribution in [2.75, 3.05) is 32.8 Å². The lowest BCUT2D eigenvalue weighted by molar-refractivity contribution is -0.910. The van der Waals surface area contributed by atoms with Gasteiger partial charge in [0.2, 0.25) is 0 Å². The molecule has 1 fully saturated rings. The molecule has 1 aromatic carbocycles. The summed E-state index contributed by atoms with van der Waals surface area (Å²) < 4.78 is 10.8. The summed E-state index contributed by atoms with van der Waals surface area (Å²) in [4.78, 5) is 13.3. The summed E-state index contributed by atoms with van der Waals surface area (Å²) in [5, 5.41) is 0. The second-order valence-corrected chi connectivity index (χ2v) is 5.03. The Morgan fingerprint density at radius 1 is 1.32 bits per heavy atom. The highest BCUT2D eigenvalue weighted by Crippen LogP contribution is 2.02. The largest absolute Gasteiger partial charge is 0.456 e. The van der Waals surface area contributed by atoms with Gasteiger partial charge in [-0.3, -0.25) is 4.79 Å². The normalized spacial score (nSPS) is 17.9. The van der Waals surface area contributed by atoms with E-state index in [1.807, 2.05) is 37.3 Å². The summed E-state index contributed by atoms with van der Waals surface area (Å²) in [6.07, 6.45) is 0.313. The first-order valence-electron chi connectivity index (χ1n) is 6.89. The van der Waals surface area contributed by atoms with Crippen LogP contribution in [0.15, 0.2) is 30.3 Å². The second-order valence-electron chi connectivity index (χ2n) is 5.03. The van der Waals surface area contributed by atoms with Crippen LogP contribution >= 0.6 is 0 Å². The van der Waals surface area contributed by atoms with Gasteiger partial charge >= 0.3 is 5.97 Å². The molecule has 1 saturated heterocycles. The fraction of sp³-hybridized carbons (Fsp3) is 0.533. The van der Waals surface area contributed by atoms with Gasteiger partial charge in [0.25, 0.3) is 0 Å². The van der Waals surface area contributed by atoms with Crippen LogP contribution in [0.3, 0.4) is 0 Å². The van der Waals surface area contributed by atoms with Crippen molar-refractivity contribution in [2.24, 2.45) is 0 Å². The smallest absolute Gasteiger partial charge is 0.310 e. The minimum atomic E-state index is -0.147. The average molecular weight is 264 g/mol. The van der Waals surface area contributed by atoms with Crippen LogP contribution in [0, 0.1) is 0 Å². The molecule has 1 aliphatic rings. The molecule has 0 saturated carbocycles. The van der Waals surface area contributed by atoms with E-state index in [1.54, 1.807) is 0 Å². The van der Waals surface area contributed by atoms with Crippen molar-refractivity contribution < 1.29 is 19.2 Å². The maximum absolute atomic E-state index is 11.8. The molecule has 0 unspecified atom stereocenters. The van der Waals surface area contributed by atoms with Crippen LogP contribution < -0.4 is 4.90 Å². The van der Waals surface area contributed by atoms with E-state index < -0.39 is 0 Å². The number of esters is 1. The second kappa shape index (κ2) is 7.26. The van der Waals surface area contributed by atoms with E-state index in [1.165, 1.54) is 4.90 Å². The predicted molar refractivity (Wildman–Crippen MR) is 72.1 cm³/mol. The molecule has 4 nitrogen and oxygen atoms in total. The standard InChI is InChI=1S/C15H21NO3/c1-13(12-16-7-9-18-10-8-16)19-15(17)11-14-5-3-2-4-6-14/h2-6,13H,7-12H2,1H3/p+1/t13-/m0/s1. The Morgan fingerprint density at radius 3 is 2.68 bits per heavy atom. The van der Waals surface area contributed by atoms with E-state index in [-0.39, 0.29) is 12.1 Å². The zero-order valence-electron chi connectivity index (χ0n) is 11.4. The number of nitrogens with one attached hydrogen (secondary N) is 1. The van der Waals surface area contributed by atoms with Gasteiger partial charge in [-0.15, -0.1) is 0 Å². The van der Waals surface area contributed by atoms with E-state index >= 15 is 0 Å². The lowest BCUT2D eigenvalue weighted by Gasteiger charge is -2.26. The van der Waals surface area contributed by atoms with Crippen LogP contribution in [0.4, 0.5) is 0 Å². The molecule has 1 N–H and O–H groups in total. The Bertz CT molecular complexity index is 388. The van der Waals surface area contributed by atoms with Crippen molar-refractivity contribution >= 4 is 5.97 Å². The lowest BCUT2D eigenvalue weighted by Crippen LogP contribution is -3.15. The third-order valence-electron chi connectivity index (χ3n) is 3.30. The number of ether oxygens (including phenoxy) is 2. The molecule has 0 aliphatic carbocycles. The molecule has 0 bridgehead atoms. The van der Waals surface area contributed by atoms with Crippen LogP contribution in [-0.4, -0.2) is 44.9 Å². The molecule has 0 radical (unpaired) electrons. The SMILES string of the molecule is C[C@@H](C[NH+]1CCOCC1)OC(=O)Cc1ccccc1. The summed E-state index contributed by atoms with van der Waals surface area (Å²) >= 11 is 0. The number of carbonyl (C=O) groups excluding carboxylic acids is 1. The molecule has 1 heterocycles. The molecule has 4 heteroatoms. The molecule has 19 heavy (non-hydrogen) atoms. The first-order valence-corrected chi connectivity index (χ1v) is 6.89. The highest BCUT2D eigenvalue weighted by atomic mass is 16.5. The first-order chi connectivity index (χ1) is 9.24. The third-order valence-corrected chi connectivity index (χ3v) is 3.30. The molecule has 1 atom stereocenters. The Morgan fingerprint density at radius 2 is 2.00 bits per heavy atom. The van der Waals surface area contributed by atoms with Gasteiger partial charge in [-0.1, -0.05) is 30.3 Å². The number of rotatable bonds is 5.